The van der Waals surface area contributed by atoms with E-state index in [4.69, 9.17) is 5.73 Å². The van der Waals surface area contributed by atoms with Crippen molar-refractivity contribution >= 4 is 5.69 Å². The van der Waals surface area contributed by atoms with Crippen LogP contribution in [0.15, 0.2) is 12.1 Å². The molecule has 0 atom stereocenters. The van der Waals surface area contributed by atoms with Crippen LogP contribution >= 0.6 is 0 Å². The highest BCUT2D eigenvalue weighted by atomic mass is 19.3. The van der Waals surface area contributed by atoms with Crippen LogP contribution in [0.5, 0.6) is 0 Å². The quantitative estimate of drug-likeness (QED) is 0.704. The van der Waals surface area contributed by atoms with Gasteiger partial charge in [-0.05, 0) is 36.6 Å². The third-order valence-corrected chi connectivity index (χ3v) is 2.21. The minimum atomic E-state index is -2.44. The summed E-state index contributed by atoms with van der Waals surface area (Å²) in [6, 6.07) is 2.87. The fraction of sp³-hybridized carbons (Fsp3) is 0.400. The van der Waals surface area contributed by atoms with Crippen LogP contribution in [0, 0.1) is 6.92 Å². The van der Waals surface area contributed by atoms with Crippen molar-refractivity contribution in [1.82, 2.24) is 0 Å². The van der Waals surface area contributed by atoms with Gasteiger partial charge in [0.1, 0.15) is 0 Å². The predicted molar refractivity (Wildman–Crippen MR) is 49.9 cm³/mol. The molecule has 1 nitrogen and oxygen atoms in total. The van der Waals surface area contributed by atoms with Crippen LogP contribution < -0.4 is 5.73 Å². The lowest BCUT2D eigenvalue weighted by Gasteiger charge is -2.09. The summed E-state index contributed by atoms with van der Waals surface area (Å²) in [5.41, 5.74) is 7.88. The highest BCUT2D eigenvalue weighted by molar-refractivity contribution is 5.53. The Kier molecular flexibility index (Phi) is 2.86. The van der Waals surface area contributed by atoms with Gasteiger partial charge in [0.15, 0.2) is 0 Å². The normalized spacial score (nSPS) is 10.8. The molecule has 0 unspecified atom stereocenters. The molecule has 0 heterocycles. The van der Waals surface area contributed by atoms with Crippen molar-refractivity contribution in [3.05, 3.63) is 28.8 Å². The smallest absolute Gasteiger partial charge is 0.263 e. The fourth-order valence-electron chi connectivity index (χ4n) is 1.32. The lowest BCUT2D eigenvalue weighted by atomic mass is 10.0. The molecule has 0 aromatic heterocycles. The Morgan fingerprint density at radius 3 is 2.46 bits per heavy atom. The van der Waals surface area contributed by atoms with E-state index in [0.29, 0.717) is 5.69 Å². The number of aryl methyl sites for hydroxylation is 1. The third kappa shape index (κ3) is 1.97. The molecule has 0 amide bonds. The fourth-order valence-corrected chi connectivity index (χ4v) is 1.32. The number of alkyl halides is 2. The van der Waals surface area contributed by atoms with E-state index < -0.39 is 6.43 Å². The van der Waals surface area contributed by atoms with Crippen molar-refractivity contribution in [2.45, 2.75) is 26.7 Å². The molecule has 0 aliphatic carbocycles. The molecule has 0 fully saturated rings. The molecule has 0 aliphatic heterocycles. The summed E-state index contributed by atoms with van der Waals surface area (Å²) in [5.74, 6) is 0. The molecule has 72 valence electrons. The zero-order valence-electron chi connectivity index (χ0n) is 7.77. The number of rotatable bonds is 2. The van der Waals surface area contributed by atoms with E-state index in [9.17, 15) is 8.78 Å². The molecule has 1 aromatic carbocycles. The maximum absolute atomic E-state index is 12.3. The molecular weight excluding hydrogens is 172 g/mol. The van der Waals surface area contributed by atoms with E-state index in [2.05, 4.69) is 0 Å². The van der Waals surface area contributed by atoms with Gasteiger partial charge in [0.25, 0.3) is 6.43 Å². The topological polar surface area (TPSA) is 26.0 Å². The largest absolute Gasteiger partial charge is 0.398 e. The van der Waals surface area contributed by atoms with E-state index in [1.807, 2.05) is 13.8 Å². The number of hydrogen-bond acceptors (Lipinski definition) is 1. The van der Waals surface area contributed by atoms with Crippen molar-refractivity contribution in [3.63, 3.8) is 0 Å². The molecule has 0 radical (unpaired) electrons. The molecule has 0 bridgehead atoms. The van der Waals surface area contributed by atoms with Crippen molar-refractivity contribution in [2.75, 3.05) is 5.73 Å². The van der Waals surface area contributed by atoms with Gasteiger partial charge in [-0.25, -0.2) is 8.78 Å². The van der Waals surface area contributed by atoms with Crippen molar-refractivity contribution in [1.29, 1.82) is 0 Å². The van der Waals surface area contributed by atoms with Crippen LogP contribution in [0.3, 0.4) is 0 Å². The minimum absolute atomic E-state index is 0.0138. The molecule has 0 spiro atoms. The second-order valence-electron chi connectivity index (χ2n) is 3.05. The number of nitrogen functional groups attached to an aromatic ring is 1. The number of nitrogens with two attached hydrogens (primary N) is 1. The molecule has 2 N–H and O–H groups in total. The highest BCUT2D eigenvalue weighted by Gasteiger charge is 2.10. The van der Waals surface area contributed by atoms with Gasteiger partial charge in [-0.15, -0.1) is 0 Å². The standard InChI is InChI=1S/C10H13F2N/c1-3-7-4-8(10(11)12)5-9(13)6(7)2/h4-5,10H,3,13H2,1-2H3. The van der Waals surface area contributed by atoms with Gasteiger partial charge >= 0.3 is 0 Å². The lowest BCUT2D eigenvalue weighted by molar-refractivity contribution is 0.151. The average Bonchev–Trinajstić information content (AvgIpc) is 2.09. The monoisotopic (exact) mass is 185 g/mol. The van der Waals surface area contributed by atoms with Crippen molar-refractivity contribution in [3.8, 4) is 0 Å². The maximum atomic E-state index is 12.3. The third-order valence-electron chi connectivity index (χ3n) is 2.21. The SMILES string of the molecule is CCc1cc(C(F)F)cc(N)c1C. The maximum Gasteiger partial charge on any atom is 0.263 e. The van der Waals surface area contributed by atoms with E-state index >= 15 is 0 Å². The second-order valence-corrected chi connectivity index (χ2v) is 3.05. The number of benzene rings is 1. The zero-order valence-corrected chi connectivity index (χ0v) is 7.77. The Morgan fingerprint density at radius 1 is 1.38 bits per heavy atom. The Bertz CT molecular complexity index is 308. The Hall–Kier alpha value is -1.12. The molecule has 0 aliphatic rings. The molecule has 3 heteroatoms. The lowest BCUT2D eigenvalue weighted by Crippen LogP contribution is -1.98. The molecule has 0 saturated carbocycles. The molecule has 1 aromatic rings. The van der Waals surface area contributed by atoms with Crippen molar-refractivity contribution in [2.24, 2.45) is 0 Å². The van der Waals surface area contributed by atoms with Gasteiger partial charge in [0.05, 0.1) is 0 Å². The molecule has 1 rings (SSSR count). The first-order valence-corrected chi connectivity index (χ1v) is 4.23. The van der Waals surface area contributed by atoms with Crippen LogP contribution in [0.25, 0.3) is 0 Å². The van der Waals surface area contributed by atoms with Gasteiger partial charge in [-0.3, -0.25) is 0 Å². The summed E-state index contributed by atoms with van der Waals surface area (Å²) in [5, 5.41) is 0. The molecule has 13 heavy (non-hydrogen) atoms. The highest BCUT2D eigenvalue weighted by Crippen LogP contribution is 2.26. The first-order chi connectivity index (χ1) is 6.06. The van der Waals surface area contributed by atoms with Crippen LogP contribution in [0.2, 0.25) is 0 Å². The molecule has 0 saturated heterocycles. The van der Waals surface area contributed by atoms with Crippen LogP contribution in [-0.4, -0.2) is 0 Å². The predicted octanol–water partition coefficient (Wildman–Crippen LogP) is 3.08. The number of halogens is 2. The van der Waals surface area contributed by atoms with E-state index in [0.717, 1.165) is 17.5 Å². The van der Waals surface area contributed by atoms with Gasteiger partial charge in [-0.1, -0.05) is 6.92 Å². The zero-order chi connectivity index (χ0) is 10.0. The Labute approximate surface area is 76.6 Å². The summed E-state index contributed by atoms with van der Waals surface area (Å²) in [6.45, 7) is 3.78. The average molecular weight is 185 g/mol. The summed E-state index contributed by atoms with van der Waals surface area (Å²) in [7, 11) is 0. The van der Waals surface area contributed by atoms with Gasteiger partial charge in [0, 0.05) is 11.3 Å². The minimum Gasteiger partial charge on any atom is -0.398 e. The second kappa shape index (κ2) is 3.73. The Balaban J connectivity index is 3.22. The van der Waals surface area contributed by atoms with E-state index in [1.54, 1.807) is 0 Å². The van der Waals surface area contributed by atoms with Crippen LogP contribution in [-0.2, 0) is 6.42 Å². The van der Waals surface area contributed by atoms with Crippen LogP contribution in [0.4, 0.5) is 14.5 Å². The summed E-state index contributed by atoms with van der Waals surface area (Å²) >= 11 is 0. The van der Waals surface area contributed by atoms with Crippen LogP contribution in [0.1, 0.15) is 30.0 Å². The Morgan fingerprint density at radius 2 is 2.00 bits per heavy atom. The summed E-state index contributed by atoms with van der Waals surface area (Å²) in [6.07, 6.45) is -1.70. The summed E-state index contributed by atoms with van der Waals surface area (Å²) < 4.78 is 24.7. The molecular formula is C10H13F2N. The van der Waals surface area contributed by atoms with Gasteiger partial charge < -0.3 is 5.73 Å². The van der Waals surface area contributed by atoms with E-state index in [1.165, 1.54) is 12.1 Å². The number of anilines is 1. The first-order valence-electron chi connectivity index (χ1n) is 4.23. The van der Waals surface area contributed by atoms with E-state index in [-0.39, 0.29) is 5.56 Å². The van der Waals surface area contributed by atoms with Crippen molar-refractivity contribution < 1.29 is 8.78 Å². The van der Waals surface area contributed by atoms with Gasteiger partial charge in [0.2, 0.25) is 0 Å². The first kappa shape index (κ1) is 9.96. The van der Waals surface area contributed by atoms with Gasteiger partial charge in [-0.2, -0.15) is 0 Å². The number of hydrogen-bond donors (Lipinski definition) is 1. The summed E-state index contributed by atoms with van der Waals surface area (Å²) in [4.78, 5) is 0.